The summed E-state index contributed by atoms with van der Waals surface area (Å²) in [5.74, 6) is -0.556. The summed E-state index contributed by atoms with van der Waals surface area (Å²) in [6.45, 7) is 6.63. The van der Waals surface area contributed by atoms with Crippen molar-refractivity contribution < 1.29 is 17.6 Å². The zero-order chi connectivity index (χ0) is 23.0. The molecule has 1 fully saturated rings. The Morgan fingerprint density at radius 3 is 2.19 bits per heavy atom. The molecule has 168 valence electrons. The summed E-state index contributed by atoms with van der Waals surface area (Å²) in [5, 5.41) is 2.32. The Hall–Kier alpha value is -2.62. The van der Waals surface area contributed by atoms with Gasteiger partial charge in [-0.25, -0.2) is 17.8 Å². The number of aromatic nitrogens is 1. The van der Waals surface area contributed by atoms with Gasteiger partial charge < -0.3 is 4.90 Å². The molecule has 4 rings (SSSR count). The van der Waals surface area contributed by atoms with Gasteiger partial charge in [-0.3, -0.25) is 4.79 Å². The second kappa shape index (κ2) is 8.73. The fourth-order valence-corrected chi connectivity index (χ4v) is 6.73. The van der Waals surface area contributed by atoms with Crippen LogP contribution in [0.3, 0.4) is 0 Å². The predicted molar refractivity (Wildman–Crippen MR) is 123 cm³/mol. The molecule has 2 aromatic carbocycles. The maximum absolute atomic E-state index is 13.3. The number of benzene rings is 2. The summed E-state index contributed by atoms with van der Waals surface area (Å²) in [6.07, 6.45) is 0. The van der Waals surface area contributed by atoms with Gasteiger partial charge in [-0.1, -0.05) is 17.7 Å². The molecule has 0 aliphatic carbocycles. The second-order valence-corrected chi connectivity index (χ2v) is 10.7. The van der Waals surface area contributed by atoms with E-state index >= 15 is 0 Å². The molecular weight excluding hydrogens is 449 g/mol. The van der Waals surface area contributed by atoms with E-state index in [2.05, 4.69) is 4.98 Å². The van der Waals surface area contributed by atoms with Crippen molar-refractivity contribution >= 4 is 27.3 Å². The molecule has 9 heteroatoms. The molecule has 0 bridgehead atoms. The van der Waals surface area contributed by atoms with Crippen molar-refractivity contribution in [3.63, 3.8) is 0 Å². The minimum atomic E-state index is -3.64. The summed E-state index contributed by atoms with van der Waals surface area (Å²) in [6, 6.07) is 9.72. The minimum absolute atomic E-state index is 0.227. The number of halogens is 1. The van der Waals surface area contributed by atoms with Crippen LogP contribution in [0.15, 0.2) is 46.7 Å². The van der Waals surface area contributed by atoms with E-state index in [1.54, 1.807) is 22.4 Å². The zero-order valence-electron chi connectivity index (χ0n) is 18.1. The number of nitrogens with zero attached hydrogens (tertiary/aromatic N) is 3. The third-order valence-corrected chi connectivity index (χ3v) is 8.64. The van der Waals surface area contributed by atoms with E-state index in [9.17, 15) is 17.6 Å². The highest BCUT2D eigenvalue weighted by Gasteiger charge is 2.33. The average Bonchev–Trinajstić information content (AvgIpc) is 3.23. The van der Waals surface area contributed by atoms with Gasteiger partial charge in [0, 0.05) is 37.1 Å². The van der Waals surface area contributed by atoms with E-state index in [0.29, 0.717) is 28.7 Å². The molecule has 0 saturated carbocycles. The monoisotopic (exact) mass is 473 g/mol. The topological polar surface area (TPSA) is 70.6 Å². The highest BCUT2D eigenvalue weighted by Crippen LogP contribution is 2.27. The molecule has 32 heavy (non-hydrogen) atoms. The molecule has 1 aromatic heterocycles. The number of thiazole rings is 1. The summed E-state index contributed by atoms with van der Waals surface area (Å²) in [4.78, 5) is 19.3. The number of carbonyl (C=O) groups is 1. The SMILES string of the molecule is Cc1cc(C)c(S(=O)(=O)N2CCN(C(=O)c3csc(-c4ccc(F)cc4)n3)CC2)c(C)c1. The molecule has 6 nitrogen and oxygen atoms in total. The standard InChI is InChI=1S/C23H24FN3O3S2/c1-15-12-16(2)21(17(3)13-15)32(29,30)27-10-8-26(9-11-27)23(28)20-14-31-22(25-20)18-4-6-19(24)7-5-18/h4-7,12-14H,8-11H2,1-3H3. The van der Waals surface area contributed by atoms with Gasteiger partial charge in [-0.2, -0.15) is 4.31 Å². The van der Waals surface area contributed by atoms with Crippen molar-refractivity contribution in [1.29, 1.82) is 0 Å². The van der Waals surface area contributed by atoms with Gasteiger partial charge in [0.1, 0.15) is 16.5 Å². The van der Waals surface area contributed by atoms with E-state index in [1.807, 2.05) is 32.9 Å². The third-order valence-electron chi connectivity index (χ3n) is 5.54. The van der Waals surface area contributed by atoms with Crippen molar-refractivity contribution in [2.24, 2.45) is 0 Å². The molecule has 3 aromatic rings. The van der Waals surface area contributed by atoms with Gasteiger partial charge in [0.05, 0.1) is 4.90 Å². The van der Waals surface area contributed by atoms with Crippen LogP contribution in [0.2, 0.25) is 0 Å². The number of sulfonamides is 1. The summed E-state index contributed by atoms with van der Waals surface area (Å²) >= 11 is 1.32. The Labute approximate surface area is 191 Å². The molecule has 0 unspecified atom stereocenters. The van der Waals surface area contributed by atoms with Gasteiger partial charge in [-0.05, 0) is 56.2 Å². The van der Waals surface area contributed by atoms with Gasteiger partial charge >= 0.3 is 0 Å². The van der Waals surface area contributed by atoms with Crippen LogP contribution in [0, 0.1) is 26.6 Å². The lowest BCUT2D eigenvalue weighted by molar-refractivity contribution is 0.0693. The number of hydrogen-bond donors (Lipinski definition) is 0. The number of piperazine rings is 1. The third kappa shape index (κ3) is 4.32. The van der Waals surface area contributed by atoms with Crippen LogP contribution >= 0.6 is 11.3 Å². The van der Waals surface area contributed by atoms with Crippen LogP contribution in [-0.4, -0.2) is 54.7 Å². The number of amides is 1. The van der Waals surface area contributed by atoms with Crippen LogP contribution in [0.1, 0.15) is 27.2 Å². The Balaban J connectivity index is 1.46. The molecule has 0 spiro atoms. The lowest BCUT2D eigenvalue weighted by Crippen LogP contribution is -2.50. The van der Waals surface area contributed by atoms with Gasteiger partial charge in [0.15, 0.2) is 0 Å². The van der Waals surface area contributed by atoms with Crippen molar-refractivity contribution in [3.8, 4) is 10.6 Å². The first kappa shape index (κ1) is 22.6. The van der Waals surface area contributed by atoms with Gasteiger partial charge in [0.2, 0.25) is 10.0 Å². The fraction of sp³-hybridized carbons (Fsp3) is 0.304. The van der Waals surface area contributed by atoms with E-state index in [0.717, 1.165) is 22.3 Å². The molecule has 1 aliphatic heterocycles. The molecular formula is C23H24FN3O3S2. The first-order valence-electron chi connectivity index (χ1n) is 10.3. The molecule has 0 N–H and O–H groups in total. The average molecular weight is 474 g/mol. The van der Waals surface area contributed by atoms with E-state index in [1.165, 1.54) is 27.8 Å². The highest BCUT2D eigenvalue weighted by atomic mass is 32.2. The van der Waals surface area contributed by atoms with Crippen molar-refractivity contribution in [1.82, 2.24) is 14.2 Å². The molecule has 1 aliphatic rings. The normalized spacial score (nSPS) is 15.2. The van der Waals surface area contributed by atoms with E-state index in [-0.39, 0.29) is 24.8 Å². The minimum Gasteiger partial charge on any atom is -0.335 e. The smallest absolute Gasteiger partial charge is 0.273 e. The lowest BCUT2D eigenvalue weighted by Gasteiger charge is -2.34. The molecule has 0 atom stereocenters. The fourth-order valence-electron chi connectivity index (χ4n) is 4.09. The Bertz CT molecular complexity index is 1240. The number of carbonyl (C=O) groups excluding carboxylic acids is 1. The van der Waals surface area contributed by atoms with Gasteiger partial charge in [-0.15, -0.1) is 11.3 Å². The van der Waals surface area contributed by atoms with Crippen molar-refractivity contribution in [3.05, 3.63) is 70.0 Å². The molecule has 1 saturated heterocycles. The number of rotatable bonds is 4. The van der Waals surface area contributed by atoms with Crippen LogP contribution in [0.4, 0.5) is 4.39 Å². The van der Waals surface area contributed by atoms with E-state index in [4.69, 9.17) is 0 Å². The lowest BCUT2D eigenvalue weighted by atomic mass is 10.1. The van der Waals surface area contributed by atoms with Crippen molar-refractivity contribution in [2.75, 3.05) is 26.2 Å². The Morgan fingerprint density at radius 1 is 1.00 bits per heavy atom. The summed E-state index contributed by atoms with van der Waals surface area (Å²) in [5.41, 5.74) is 3.55. The number of hydrogen-bond acceptors (Lipinski definition) is 5. The predicted octanol–water partition coefficient (Wildman–Crippen LogP) is 4.02. The zero-order valence-corrected chi connectivity index (χ0v) is 19.8. The molecule has 0 radical (unpaired) electrons. The van der Waals surface area contributed by atoms with Crippen LogP contribution in [-0.2, 0) is 10.0 Å². The van der Waals surface area contributed by atoms with Crippen molar-refractivity contribution in [2.45, 2.75) is 25.7 Å². The first-order chi connectivity index (χ1) is 15.2. The summed E-state index contributed by atoms with van der Waals surface area (Å²) < 4.78 is 41.1. The highest BCUT2D eigenvalue weighted by molar-refractivity contribution is 7.89. The van der Waals surface area contributed by atoms with Crippen LogP contribution < -0.4 is 0 Å². The molecule has 1 amide bonds. The summed E-state index contributed by atoms with van der Waals surface area (Å²) in [7, 11) is -3.64. The number of aryl methyl sites for hydroxylation is 3. The first-order valence-corrected chi connectivity index (χ1v) is 12.6. The second-order valence-electron chi connectivity index (χ2n) is 7.97. The van der Waals surface area contributed by atoms with Crippen LogP contribution in [0.5, 0.6) is 0 Å². The largest absolute Gasteiger partial charge is 0.335 e. The Morgan fingerprint density at radius 2 is 1.59 bits per heavy atom. The van der Waals surface area contributed by atoms with E-state index < -0.39 is 10.0 Å². The van der Waals surface area contributed by atoms with Crippen LogP contribution in [0.25, 0.3) is 10.6 Å². The maximum Gasteiger partial charge on any atom is 0.273 e. The quantitative estimate of drug-likeness (QED) is 0.574. The van der Waals surface area contributed by atoms with Gasteiger partial charge in [0.25, 0.3) is 5.91 Å². The maximum atomic E-state index is 13.3. The molecule has 2 heterocycles. The Kier molecular flexibility index (Phi) is 6.15.